The number of hydrogen-bond acceptors (Lipinski definition) is 6. The van der Waals surface area contributed by atoms with Crippen molar-refractivity contribution in [3.63, 3.8) is 0 Å². The number of nitriles is 1. The van der Waals surface area contributed by atoms with E-state index in [0.29, 0.717) is 18.5 Å². The molecule has 1 aromatic carbocycles. The Hall–Kier alpha value is -3.11. The maximum absolute atomic E-state index is 12.8. The molecule has 13 heteroatoms. The fourth-order valence-corrected chi connectivity index (χ4v) is 5.63. The molecule has 2 heterocycles. The Morgan fingerprint density at radius 2 is 1.91 bits per heavy atom. The van der Waals surface area contributed by atoms with Crippen LogP contribution in [0.25, 0.3) is 0 Å². The minimum absolute atomic E-state index is 0.120. The first-order valence-electron chi connectivity index (χ1n) is 9.19. The largest absolute Gasteiger partial charge is 0.405 e. The molecule has 170 valence electrons. The van der Waals surface area contributed by atoms with E-state index < -0.39 is 28.7 Å². The van der Waals surface area contributed by atoms with Crippen LogP contribution in [0.5, 0.6) is 0 Å². The molecule has 0 aliphatic carbocycles. The summed E-state index contributed by atoms with van der Waals surface area (Å²) in [4.78, 5) is 25.5. The Morgan fingerprint density at radius 1 is 1.25 bits per heavy atom. The number of hydrogen-bond donors (Lipinski definition) is 2. The van der Waals surface area contributed by atoms with E-state index in [-0.39, 0.29) is 33.5 Å². The van der Waals surface area contributed by atoms with Gasteiger partial charge in [0.05, 0.1) is 17.0 Å². The Morgan fingerprint density at radius 3 is 2.47 bits per heavy atom. The zero-order valence-corrected chi connectivity index (χ0v) is 18.2. The summed E-state index contributed by atoms with van der Waals surface area (Å²) in [6.45, 7) is 0.639. The van der Waals surface area contributed by atoms with E-state index in [0.717, 1.165) is 40.5 Å². The third kappa shape index (κ3) is 5.20. The molecule has 0 fully saturated rings. The van der Waals surface area contributed by atoms with Gasteiger partial charge in [-0.2, -0.15) is 18.4 Å². The molecule has 1 aromatic heterocycles. The number of fused-ring (bicyclic) bond motifs is 1. The molecule has 0 saturated heterocycles. The lowest BCUT2D eigenvalue weighted by Gasteiger charge is -2.25. The quantitative estimate of drug-likeness (QED) is 0.673. The van der Waals surface area contributed by atoms with E-state index >= 15 is 0 Å². The molecular formula is C19H17F3N4O4S2. The summed E-state index contributed by atoms with van der Waals surface area (Å²) >= 11 is 1.07. The SMILES string of the molecule is CC(=O)N1CCc2c(sc(NS(=O)(=O)c3ccc(C(=O)NCC(F)(F)F)cc3)c2C#N)C1. The lowest BCUT2D eigenvalue weighted by molar-refractivity contribution is -0.129. The van der Waals surface area contributed by atoms with Crippen LogP contribution in [0.1, 0.15) is 33.3 Å². The first-order chi connectivity index (χ1) is 14.9. The number of thiophene rings is 1. The van der Waals surface area contributed by atoms with Crippen molar-refractivity contribution >= 4 is 38.2 Å². The van der Waals surface area contributed by atoms with Crippen LogP contribution in [0, 0.1) is 11.3 Å². The average Bonchev–Trinajstić information content (AvgIpc) is 3.06. The van der Waals surface area contributed by atoms with Gasteiger partial charge in [0, 0.05) is 23.9 Å². The molecule has 0 saturated carbocycles. The minimum Gasteiger partial charge on any atom is -0.343 e. The van der Waals surface area contributed by atoms with Crippen LogP contribution in [-0.4, -0.2) is 44.4 Å². The Balaban J connectivity index is 1.79. The maximum Gasteiger partial charge on any atom is 0.405 e. The monoisotopic (exact) mass is 486 g/mol. The third-order valence-corrected chi connectivity index (χ3v) is 7.34. The molecule has 0 radical (unpaired) electrons. The highest BCUT2D eigenvalue weighted by atomic mass is 32.2. The van der Waals surface area contributed by atoms with E-state index in [1.54, 1.807) is 10.2 Å². The van der Waals surface area contributed by atoms with Crippen molar-refractivity contribution in [3.05, 3.63) is 45.8 Å². The van der Waals surface area contributed by atoms with Crippen molar-refractivity contribution in [3.8, 4) is 6.07 Å². The molecule has 8 nitrogen and oxygen atoms in total. The average molecular weight is 486 g/mol. The van der Waals surface area contributed by atoms with Crippen LogP contribution >= 0.6 is 11.3 Å². The number of halogens is 3. The molecule has 2 amide bonds. The van der Waals surface area contributed by atoms with Gasteiger partial charge in [-0.1, -0.05) is 0 Å². The zero-order chi connectivity index (χ0) is 23.7. The van der Waals surface area contributed by atoms with Crippen molar-refractivity contribution < 1.29 is 31.2 Å². The number of amides is 2. The van der Waals surface area contributed by atoms with Crippen molar-refractivity contribution in [1.29, 1.82) is 5.26 Å². The lowest BCUT2D eigenvalue weighted by Crippen LogP contribution is -2.33. The van der Waals surface area contributed by atoms with Crippen molar-refractivity contribution in [1.82, 2.24) is 10.2 Å². The second kappa shape index (κ2) is 8.79. The first-order valence-corrected chi connectivity index (χ1v) is 11.5. The highest BCUT2D eigenvalue weighted by Gasteiger charge is 2.29. The highest BCUT2D eigenvalue weighted by Crippen LogP contribution is 2.37. The maximum atomic E-state index is 12.8. The van der Waals surface area contributed by atoms with Gasteiger partial charge in [0.25, 0.3) is 15.9 Å². The van der Waals surface area contributed by atoms with Gasteiger partial charge in [0.1, 0.15) is 17.6 Å². The first kappa shape index (κ1) is 23.6. The van der Waals surface area contributed by atoms with E-state index in [1.165, 1.54) is 6.92 Å². The minimum atomic E-state index is -4.57. The molecule has 0 bridgehead atoms. The van der Waals surface area contributed by atoms with E-state index in [9.17, 15) is 36.4 Å². The van der Waals surface area contributed by atoms with Gasteiger partial charge in [-0.3, -0.25) is 14.3 Å². The highest BCUT2D eigenvalue weighted by molar-refractivity contribution is 7.93. The molecule has 0 atom stereocenters. The zero-order valence-electron chi connectivity index (χ0n) is 16.6. The third-order valence-electron chi connectivity index (χ3n) is 4.72. The summed E-state index contributed by atoms with van der Waals surface area (Å²) in [6, 6.07) is 6.36. The van der Waals surface area contributed by atoms with Gasteiger partial charge in [-0.05, 0) is 36.2 Å². The summed E-state index contributed by atoms with van der Waals surface area (Å²) in [5.41, 5.74) is 0.756. The Kier molecular flexibility index (Phi) is 6.47. The number of rotatable bonds is 5. The van der Waals surface area contributed by atoms with Crippen LogP contribution in [-0.2, 0) is 27.8 Å². The van der Waals surface area contributed by atoms with Crippen LogP contribution in [0.2, 0.25) is 0 Å². The van der Waals surface area contributed by atoms with Gasteiger partial charge >= 0.3 is 6.18 Å². The molecule has 1 aliphatic rings. The molecule has 2 aromatic rings. The predicted molar refractivity (Wildman–Crippen MR) is 109 cm³/mol. The molecule has 1 aliphatic heterocycles. The number of carbonyl (C=O) groups is 2. The number of nitrogens with zero attached hydrogens (tertiary/aromatic N) is 2. The van der Waals surface area contributed by atoms with E-state index in [1.807, 2.05) is 6.07 Å². The van der Waals surface area contributed by atoms with Gasteiger partial charge in [0.2, 0.25) is 5.91 Å². The topological polar surface area (TPSA) is 119 Å². The summed E-state index contributed by atoms with van der Waals surface area (Å²) in [5, 5.41) is 11.3. The van der Waals surface area contributed by atoms with Crippen molar-refractivity contribution in [2.45, 2.75) is 31.0 Å². The summed E-state index contributed by atoms with van der Waals surface area (Å²) in [5.74, 6) is -1.11. The van der Waals surface area contributed by atoms with Gasteiger partial charge in [0.15, 0.2) is 0 Å². The number of sulfonamides is 1. The molecule has 3 rings (SSSR count). The Labute approximate surface area is 185 Å². The molecule has 32 heavy (non-hydrogen) atoms. The summed E-state index contributed by atoms with van der Waals surface area (Å²) < 4.78 is 64.6. The molecule has 0 unspecified atom stereocenters. The molecular weight excluding hydrogens is 469 g/mol. The lowest BCUT2D eigenvalue weighted by atomic mass is 10.0. The normalized spacial score (nSPS) is 13.8. The second-order valence-corrected chi connectivity index (χ2v) is 9.73. The van der Waals surface area contributed by atoms with Crippen LogP contribution in [0.15, 0.2) is 29.2 Å². The van der Waals surface area contributed by atoms with Crippen LogP contribution < -0.4 is 10.0 Å². The standard InChI is InChI=1S/C19H17F3N4O4S2/c1-11(27)26-7-6-14-15(8-23)18(31-16(14)9-26)25-32(29,30)13-4-2-12(3-5-13)17(28)24-10-19(20,21)22/h2-5,25H,6-7,9-10H2,1H3,(H,24,28). The van der Waals surface area contributed by atoms with Gasteiger partial charge in [-0.15, -0.1) is 11.3 Å². The number of benzene rings is 1. The molecule has 0 spiro atoms. The van der Waals surface area contributed by atoms with Crippen LogP contribution in [0.3, 0.4) is 0 Å². The number of carbonyl (C=O) groups excluding carboxylic acids is 2. The summed E-state index contributed by atoms with van der Waals surface area (Å²) in [7, 11) is -4.14. The van der Waals surface area contributed by atoms with Crippen molar-refractivity contribution in [2.24, 2.45) is 0 Å². The Bertz CT molecular complexity index is 1200. The smallest absolute Gasteiger partial charge is 0.343 e. The van der Waals surface area contributed by atoms with E-state index in [2.05, 4.69) is 4.72 Å². The summed E-state index contributed by atoms with van der Waals surface area (Å²) in [6.07, 6.45) is -4.14. The fraction of sp³-hybridized carbons (Fsp3) is 0.316. The van der Waals surface area contributed by atoms with Crippen molar-refractivity contribution in [2.75, 3.05) is 17.8 Å². The van der Waals surface area contributed by atoms with E-state index in [4.69, 9.17) is 0 Å². The van der Waals surface area contributed by atoms with Gasteiger partial charge < -0.3 is 10.2 Å². The fourth-order valence-electron chi connectivity index (χ4n) is 3.11. The van der Waals surface area contributed by atoms with Crippen LogP contribution in [0.4, 0.5) is 18.2 Å². The number of anilines is 1. The number of nitrogens with one attached hydrogen (secondary N) is 2. The number of alkyl halides is 3. The molecule has 2 N–H and O–H groups in total. The second-order valence-electron chi connectivity index (χ2n) is 6.94. The predicted octanol–water partition coefficient (Wildman–Crippen LogP) is 2.62. The van der Waals surface area contributed by atoms with Gasteiger partial charge in [-0.25, -0.2) is 8.42 Å².